The van der Waals surface area contributed by atoms with Crippen LogP contribution < -0.4 is 14.2 Å². The van der Waals surface area contributed by atoms with Crippen LogP contribution in [-0.2, 0) is 4.74 Å². The van der Waals surface area contributed by atoms with Crippen LogP contribution in [0, 0.1) is 0 Å². The number of hydrogen-bond acceptors (Lipinski definition) is 5. The van der Waals surface area contributed by atoms with Crippen molar-refractivity contribution >= 4 is 18.1 Å². The van der Waals surface area contributed by atoms with Crippen molar-refractivity contribution in [1.29, 1.82) is 0 Å². The number of carbonyl (C=O) groups excluding carboxylic acids is 1. The van der Waals surface area contributed by atoms with Gasteiger partial charge in [-0.15, -0.1) is 0 Å². The van der Waals surface area contributed by atoms with Crippen molar-refractivity contribution < 1.29 is 23.7 Å². The van der Waals surface area contributed by atoms with E-state index in [4.69, 9.17) is 18.9 Å². The molecule has 0 atom stereocenters. The Kier molecular flexibility index (Phi) is 5.84. The van der Waals surface area contributed by atoms with Gasteiger partial charge in [0.15, 0.2) is 11.5 Å². The first-order chi connectivity index (χ1) is 11.6. The van der Waals surface area contributed by atoms with E-state index in [1.165, 1.54) is 7.11 Å². The molecule has 2 rings (SSSR count). The van der Waals surface area contributed by atoms with Crippen LogP contribution in [-0.4, -0.2) is 34.4 Å². The van der Waals surface area contributed by atoms with Crippen molar-refractivity contribution in [3.05, 3.63) is 53.1 Å². The van der Waals surface area contributed by atoms with Crippen molar-refractivity contribution in [2.75, 3.05) is 28.4 Å². The van der Waals surface area contributed by atoms with Gasteiger partial charge in [-0.05, 0) is 29.8 Å². The van der Waals surface area contributed by atoms with E-state index in [0.717, 1.165) is 11.1 Å². The second-order valence-corrected chi connectivity index (χ2v) is 4.87. The predicted molar refractivity (Wildman–Crippen MR) is 92.8 cm³/mol. The van der Waals surface area contributed by atoms with E-state index < -0.39 is 0 Å². The molecule has 0 aliphatic heterocycles. The number of benzene rings is 2. The minimum absolute atomic E-state index is 0.367. The molecule has 0 heterocycles. The zero-order valence-electron chi connectivity index (χ0n) is 14.2. The Labute approximate surface area is 141 Å². The maximum absolute atomic E-state index is 11.6. The highest BCUT2D eigenvalue weighted by Gasteiger charge is 2.14. The summed E-state index contributed by atoms with van der Waals surface area (Å²) in [6.45, 7) is 0. The number of ether oxygens (including phenoxy) is 4. The molecule has 24 heavy (non-hydrogen) atoms. The van der Waals surface area contributed by atoms with E-state index in [9.17, 15) is 4.79 Å². The third kappa shape index (κ3) is 3.68. The summed E-state index contributed by atoms with van der Waals surface area (Å²) in [5.74, 6) is 1.34. The normalized spacial score (nSPS) is 10.5. The van der Waals surface area contributed by atoms with Crippen LogP contribution in [0.25, 0.3) is 12.2 Å². The molecule has 0 aromatic heterocycles. The molecule has 5 nitrogen and oxygen atoms in total. The predicted octanol–water partition coefficient (Wildman–Crippen LogP) is 3.67. The summed E-state index contributed by atoms with van der Waals surface area (Å²) >= 11 is 0. The third-order valence-corrected chi connectivity index (χ3v) is 3.50. The second kappa shape index (κ2) is 8.06. The molecule has 2 aromatic rings. The monoisotopic (exact) mass is 328 g/mol. The molecule has 0 fully saturated rings. The van der Waals surface area contributed by atoms with Gasteiger partial charge in [0.2, 0.25) is 5.75 Å². The fourth-order valence-electron chi connectivity index (χ4n) is 2.33. The number of rotatable bonds is 6. The molecule has 0 unspecified atom stereocenters. The minimum atomic E-state index is -0.367. The highest BCUT2D eigenvalue weighted by molar-refractivity contribution is 5.90. The second-order valence-electron chi connectivity index (χ2n) is 4.87. The molecule has 2 aromatic carbocycles. The lowest BCUT2D eigenvalue weighted by Crippen LogP contribution is -2.00. The molecule has 0 aliphatic carbocycles. The lowest BCUT2D eigenvalue weighted by Gasteiger charge is -2.14. The van der Waals surface area contributed by atoms with Gasteiger partial charge in [0.05, 0.1) is 34.0 Å². The number of carbonyl (C=O) groups is 1. The topological polar surface area (TPSA) is 54.0 Å². The summed E-state index contributed by atoms with van der Waals surface area (Å²) < 4.78 is 20.8. The lowest BCUT2D eigenvalue weighted by molar-refractivity contribution is 0.0600. The molecular weight excluding hydrogens is 308 g/mol. The molecule has 0 saturated carbocycles. The summed E-state index contributed by atoms with van der Waals surface area (Å²) in [7, 11) is 6.07. The smallest absolute Gasteiger partial charge is 0.337 e. The lowest BCUT2D eigenvalue weighted by atomic mass is 10.1. The average molecular weight is 328 g/mol. The van der Waals surface area contributed by atoms with Crippen molar-refractivity contribution in [3.8, 4) is 17.2 Å². The summed E-state index contributed by atoms with van der Waals surface area (Å²) in [5.41, 5.74) is 2.20. The van der Waals surface area contributed by atoms with Gasteiger partial charge < -0.3 is 18.9 Å². The number of hydrogen-bond donors (Lipinski definition) is 0. The molecule has 0 aliphatic rings. The zero-order chi connectivity index (χ0) is 17.5. The van der Waals surface area contributed by atoms with Crippen molar-refractivity contribution in [2.24, 2.45) is 0 Å². The largest absolute Gasteiger partial charge is 0.493 e. The van der Waals surface area contributed by atoms with Gasteiger partial charge in [-0.25, -0.2) is 4.79 Å². The van der Waals surface area contributed by atoms with E-state index in [-0.39, 0.29) is 5.97 Å². The van der Waals surface area contributed by atoms with Gasteiger partial charge in [0, 0.05) is 5.56 Å². The molecule has 0 spiro atoms. The quantitative estimate of drug-likeness (QED) is 0.598. The first kappa shape index (κ1) is 17.4. The van der Waals surface area contributed by atoms with Crippen LogP contribution in [0.3, 0.4) is 0 Å². The van der Waals surface area contributed by atoms with Gasteiger partial charge in [0.1, 0.15) is 0 Å². The van der Waals surface area contributed by atoms with E-state index in [1.807, 2.05) is 30.4 Å². The summed E-state index contributed by atoms with van der Waals surface area (Å²) in [5, 5.41) is 0. The molecule has 126 valence electrons. The van der Waals surface area contributed by atoms with Crippen molar-refractivity contribution in [3.63, 3.8) is 0 Å². The Hall–Kier alpha value is -2.95. The average Bonchev–Trinajstić information content (AvgIpc) is 2.64. The fourth-order valence-corrected chi connectivity index (χ4v) is 2.33. The number of esters is 1. The fraction of sp³-hybridized carbons (Fsp3) is 0.211. The first-order valence-corrected chi connectivity index (χ1v) is 7.30. The molecular formula is C19H20O5. The van der Waals surface area contributed by atoms with Crippen molar-refractivity contribution in [2.45, 2.75) is 0 Å². The van der Waals surface area contributed by atoms with Gasteiger partial charge in [-0.2, -0.15) is 0 Å². The van der Waals surface area contributed by atoms with Gasteiger partial charge in [-0.1, -0.05) is 24.3 Å². The Balaban J connectivity index is 2.37. The maximum atomic E-state index is 11.6. The molecule has 5 heteroatoms. The standard InChI is InChI=1S/C19H20O5/c1-21-16-11-10-14(17(22-2)18(16)23-3)9-8-13-6-5-7-15(12-13)19(20)24-4/h5-12H,1-4H3. The first-order valence-electron chi connectivity index (χ1n) is 7.30. The van der Waals surface area contributed by atoms with Crippen LogP contribution in [0.4, 0.5) is 0 Å². The van der Waals surface area contributed by atoms with Crippen LogP contribution in [0.5, 0.6) is 17.2 Å². The molecule has 0 N–H and O–H groups in total. The van der Waals surface area contributed by atoms with Gasteiger partial charge in [-0.3, -0.25) is 0 Å². The molecule has 0 radical (unpaired) electrons. The molecule has 0 bridgehead atoms. The minimum Gasteiger partial charge on any atom is -0.493 e. The Morgan fingerprint density at radius 3 is 2.25 bits per heavy atom. The summed E-state index contributed by atoms with van der Waals surface area (Å²) in [6, 6.07) is 10.9. The van der Waals surface area contributed by atoms with Crippen LogP contribution in [0.1, 0.15) is 21.5 Å². The van der Waals surface area contributed by atoms with Gasteiger partial charge in [0.25, 0.3) is 0 Å². The third-order valence-electron chi connectivity index (χ3n) is 3.50. The van der Waals surface area contributed by atoms with E-state index in [2.05, 4.69) is 0 Å². The van der Waals surface area contributed by atoms with Gasteiger partial charge >= 0.3 is 5.97 Å². The summed E-state index contributed by atoms with van der Waals surface area (Å²) in [4.78, 5) is 11.6. The van der Waals surface area contributed by atoms with E-state index in [1.54, 1.807) is 39.5 Å². The number of methoxy groups -OCH3 is 4. The SMILES string of the molecule is COC(=O)c1cccc(C=Cc2ccc(OC)c(OC)c2OC)c1. The molecule has 0 saturated heterocycles. The summed E-state index contributed by atoms with van der Waals surface area (Å²) in [6.07, 6.45) is 3.77. The Bertz CT molecular complexity index is 749. The van der Waals surface area contributed by atoms with E-state index >= 15 is 0 Å². The Morgan fingerprint density at radius 1 is 0.875 bits per heavy atom. The maximum Gasteiger partial charge on any atom is 0.337 e. The highest BCUT2D eigenvalue weighted by atomic mass is 16.5. The Morgan fingerprint density at radius 2 is 1.62 bits per heavy atom. The van der Waals surface area contributed by atoms with Crippen LogP contribution >= 0.6 is 0 Å². The van der Waals surface area contributed by atoms with Crippen LogP contribution in [0.15, 0.2) is 36.4 Å². The highest BCUT2D eigenvalue weighted by Crippen LogP contribution is 2.40. The van der Waals surface area contributed by atoms with Crippen molar-refractivity contribution in [1.82, 2.24) is 0 Å². The van der Waals surface area contributed by atoms with Crippen LogP contribution in [0.2, 0.25) is 0 Å². The zero-order valence-corrected chi connectivity index (χ0v) is 14.2. The molecule has 0 amide bonds. The van der Waals surface area contributed by atoms with E-state index in [0.29, 0.717) is 22.8 Å².